The van der Waals surface area contributed by atoms with Crippen LogP contribution in [0.5, 0.6) is 11.5 Å². The molecule has 3 aromatic rings. The summed E-state index contributed by atoms with van der Waals surface area (Å²) in [6, 6.07) is 8.99. The Labute approximate surface area is 170 Å². The molecule has 0 saturated carbocycles. The molecular formula is C22H26N4O3. The SMILES string of the molecule is COc1cc(C(=O)NCc2ccnc(-n3ccnc3)c2)ccc1OCCC(C)C. The third kappa shape index (κ3) is 5.57. The van der Waals surface area contributed by atoms with Gasteiger partial charge in [0.25, 0.3) is 5.91 Å². The average molecular weight is 394 g/mol. The highest BCUT2D eigenvalue weighted by Gasteiger charge is 2.12. The van der Waals surface area contributed by atoms with E-state index < -0.39 is 0 Å². The summed E-state index contributed by atoms with van der Waals surface area (Å²) in [5, 5.41) is 2.93. The first-order chi connectivity index (χ1) is 14.1. The summed E-state index contributed by atoms with van der Waals surface area (Å²) >= 11 is 0. The van der Waals surface area contributed by atoms with Gasteiger partial charge >= 0.3 is 0 Å². The molecular weight excluding hydrogens is 368 g/mol. The highest BCUT2D eigenvalue weighted by atomic mass is 16.5. The minimum atomic E-state index is -0.182. The van der Waals surface area contributed by atoms with E-state index in [1.807, 2.05) is 22.9 Å². The van der Waals surface area contributed by atoms with Crippen LogP contribution in [0.1, 0.15) is 36.2 Å². The number of imidazole rings is 1. The summed E-state index contributed by atoms with van der Waals surface area (Å²) in [7, 11) is 1.57. The van der Waals surface area contributed by atoms with Gasteiger partial charge in [-0.25, -0.2) is 9.97 Å². The molecule has 1 amide bonds. The Hall–Kier alpha value is -3.35. The molecule has 0 unspecified atom stereocenters. The van der Waals surface area contributed by atoms with Crippen LogP contribution in [0, 0.1) is 5.92 Å². The molecule has 2 aromatic heterocycles. The van der Waals surface area contributed by atoms with Crippen LogP contribution in [0.25, 0.3) is 5.82 Å². The lowest BCUT2D eigenvalue weighted by Crippen LogP contribution is -2.23. The molecule has 0 radical (unpaired) electrons. The summed E-state index contributed by atoms with van der Waals surface area (Å²) in [6.07, 6.45) is 7.87. The van der Waals surface area contributed by atoms with Crippen LogP contribution >= 0.6 is 0 Å². The van der Waals surface area contributed by atoms with Crippen molar-refractivity contribution in [3.63, 3.8) is 0 Å². The molecule has 3 rings (SSSR count). The number of aromatic nitrogens is 3. The van der Waals surface area contributed by atoms with Gasteiger partial charge in [0.05, 0.1) is 13.7 Å². The van der Waals surface area contributed by atoms with E-state index in [0.717, 1.165) is 17.8 Å². The molecule has 0 aliphatic rings. The molecule has 0 aliphatic carbocycles. The standard InChI is InChI=1S/C22H26N4O3/c1-16(2)7-11-29-19-5-4-18(13-20(19)28-3)22(27)25-14-17-6-8-24-21(12-17)26-10-9-23-15-26/h4-6,8-10,12-13,15-16H,7,11,14H2,1-3H3,(H,25,27). The number of rotatable bonds is 9. The van der Waals surface area contributed by atoms with E-state index in [-0.39, 0.29) is 5.91 Å². The maximum Gasteiger partial charge on any atom is 0.251 e. The van der Waals surface area contributed by atoms with Gasteiger partial charge in [-0.1, -0.05) is 13.8 Å². The maximum absolute atomic E-state index is 12.6. The number of nitrogens with zero attached hydrogens (tertiary/aromatic N) is 3. The molecule has 0 atom stereocenters. The number of benzene rings is 1. The topological polar surface area (TPSA) is 78.3 Å². The Morgan fingerprint density at radius 2 is 2.03 bits per heavy atom. The van der Waals surface area contributed by atoms with Gasteiger partial charge in [0.2, 0.25) is 0 Å². The minimum absolute atomic E-state index is 0.182. The number of hydrogen-bond donors (Lipinski definition) is 1. The van der Waals surface area contributed by atoms with Gasteiger partial charge in [-0.15, -0.1) is 0 Å². The van der Waals surface area contributed by atoms with Gasteiger partial charge in [0.1, 0.15) is 12.1 Å². The van der Waals surface area contributed by atoms with Crippen LogP contribution in [0.2, 0.25) is 0 Å². The second kappa shape index (κ2) is 9.73. The minimum Gasteiger partial charge on any atom is -0.493 e. The van der Waals surface area contributed by atoms with Crippen LogP contribution in [0.3, 0.4) is 0 Å². The molecule has 1 N–H and O–H groups in total. The number of nitrogens with one attached hydrogen (secondary N) is 1. The summed E-state index contributed by atoms with van der Waals surface area (Å²) < 4.78 is 13.0. The van der Waals surface area contributed by atoms with Gasteiger partial charge < -0.3 is 14.8 Å². The van der Waals surface area contributed by atoms with Crippen LogP contribution in [-0.2, 0) is 6.54 Å². The predicted octanol–water partition coefficient (Wildman–Crippen LogP) is 3.63. The second-order valence-corrected chi connectivity index (χ2v) is 7.07. The van der Waals surface area contributed by atoms with Crippen LogP contribution in [-0.4, -0.2) is 34.2 Å². The first-order valence-corrected chi connectivity index (χ1v) is 9.59. The molecule has 1 aromatic carbocycles. The Bertz CT molecular complexity index is 939. The van der Waals surface area contributed by atoms with Crippen molar-refractivity contribution < 1.29 is 14.3 Å². The van der Waals surface area contributed by atoms with E-state index >= 15 is 0 Å². The van der Waals surface area contributed by atoms with E-state index in [1.54, 1.807) is 44.0 Å². The molecule has 152 valence electrons. The summed E-state index contributed by atoms with van der Waals surface area (Å²) in [6.45, 7) is 5.29. The smallest absolute Gasteiger partial charge is 0.251 e. The zero-order valence-corrected chi connectivity index (χ0v) is 17.0. The number of carbonyl (C=O) groups excluding carboxylic acids is 1. The summed E-state index contributed by atoms with van der Waals surface area (Å²) in [5.74, 6) is 2.32. The number of hydrogen-bond acceptors (Lipinski definition) is 5. The number of amides is 1. The van der Waals surface area contributed by atoms with Crippen molar-refractivity contribution in [2.45, 2.75) is 26.8 Å². The highest BCUT2D eigenvalue weighted by Crippen LogP contribution is 2.28. The predicted molar refractivity (Wildman–Crippen MR) is 110 cm³/mol. The van der Waals surface area contributed by atoms with Crippen molar-refractivity contribution >= 4 is 5.91 Å². The van der Waals surface area contributed by atoms with Gasteiger partial charge in [0.15, 0.2) is 11.5 Å². The molecule has 29 heavy (non-hydrogen) atoms. The fraction of sp³-hybridized carbons (Fsp3) is 0.318. The van der Waals surface area contributed by atoms with E-state index in [4.69, 9.17) is 9.47 Å². The van der Waals surface area contributed by atoms with Crippen LogP contribution < -0.4 is 14.8 Å². The lowest BCUT2D eigenvalue weighted by Gasteiger charge is -2.13. The zero-order chi connectivity index (χ0) is 20.6. The normalized spacial score (nSPS) is 10.8. The monoisotopic (exact) mass is 394 g/mol. The molecule has 0 saturated heterocycles. The van der Waals surface area contributed by atoms with Crippen molar-refractivity contribution in [1.29, 1.82) is 0 Å². The first kappa shape index (κ1) is 20.4. The number of carbonyl (C=O) groups is 1. The Kier molecular flexibility index (Phi) is 6.84. The van der Waals surface area contributed by atoms with Crippen molar-refractivity contribution in [2.75, 3.05) is 13.7 Å². The summed E-state index contributed by atoms with van der Waals surface area (Å²) in [4.78, 5) is 20.9. The fourth-order valence-electron chi connectivity index (χ4n) is 2.72. The van der Waals surface area contributed by atoms with E-state index in [9.17, 15) is 4.79 Å². The highest BCUT2D eigenvalue weighted by molar-refractivity contribution is 5.94. The largest absolute Gasteiger partial charge is 0.493 e. The fourth-order valence-corrected chi connectivity index (χ4v) is 2.72. The van der Waals surface area contributed by atoms with E-state index in [0.29, 0.717) is 36.1 Å². The molecule has 7 nitrogen and oxygen atoms in total. The quantitative estimate of drug-likeness (QED) is 0.600. The number of ether oxygens (including phenoxy) is 2. The molecule has 0 bridgehead atoms. The summed E-state index contributed by atoms with van der Waals surface area (Å²) in [5.41, 5.74) is 1.46. The molecule has 7 heteroatoms. The molecule has 0 aliphatic heterocycles. The average Bonchev–Trinajstić information content (AvgIpc) is 3.27. The maximum atomic E-state index is 12.6. The second-order valence-electron chi connectivity index (χ2n) is 7.07. The van der Waals surface area contributed by atoms with Crippen molar-refractivity contribution in [1.82, 2.24) is 19.9 Å². The lowest BCUT2D eigenvalue weighted by molar-refractivity contribution is 0.0950. The molecule has 2 heterocycles. The zero-order valence-electron chi connectivity index (χ0n) is 17.0. The molecule has 0 spiro atoms. The van der Waals surface area contributed by atoms with Crippen LogP contribution in [0.15, 0.2) is 55.2 Å². The Balaban J connectivity index is 1.62. The first-order valence-electron chi connectivity index (χ1n) is 9.59. The Morgan fingerprint density at radius 1 is 1.17 bits per heavy atom. The number of methoxy groups -OCH3 is 1. The van der Waals surface area contributed by atoms with Gasteiger partial charge in [-0.3, -0.25) is 9.36 Å². The van der Waals surface area contributed by atoms with Crippen molar-refractivity contribution in [3.05, 3.63) is 66.4 Å². The van der Waals surface area contributed by atoms with Crippen molar-refractivity contribution in [3.8, 4) is 17.3 Å². The van der Waals surface area contributed by atoms with E-state index in [1.165, 1.54) is 0 Å². The van der Waals surface area contributed by atoms with Gasteiger partial charge in [-0.2, -0.15) is 0 Å². The molecule has 0 fully saturated rings. The Morgan fingerprint density at radius 3 is 2.76 bits per heavy atom. The third-order valence-corrected chi connectivity index (χ3v) is 4.41. The number of pyridine rings is 1. The van der Waals surface area contributed by atoms with Gasteiger partial charge in [0, 0.05) is 30.7 Å². The van der Waals surface area contributed by atoms with Crippen molar-refractivity contribution in [2.24, 2.45) is 5.92 Å². The van der Waals surface area contributed by atoms with Crippen LogP contribution in [0.4, 0.5) is 0 Å². The van der Waals surface area contributed by atoms with Gasteiger partial charge in [-0.05, 0) is 48.2 Å². The third-order valence-electron chi connectivity index (χ3n) is 4.41. The van der Waals surface area contributed by atoms with E-state index in [2.05, 4.69) is 29.1 Å². The lowest BCUT2D eigenvalue weighted by atomic mass is 10.1.